The number of nitrogens with two attached hydrogens (primary N) is 1. The maximum absolute atomic E-state index is 13.8. The van der Waals surface area contributed by atoms with Gasteiger partial charge < -0.3 is 16.0 Å². The van der Waals surface area contributed by atoms with Gasteiger partial charge >= 0.3 is 0 Å². The number of carbonyl (C=O) groups excluding carboxylic acids is 2. The van der Waals surface area contributed by atoms with E-state index in [1.807, 2.05) is 57.1 Å². The normalized spacial score (nSPS) is 13.8. The summed E-state index contributed by atoms with van der Waals surface area (Å²) in [6.45, 7) is 10.8. The summed E-state index contributed by atoms with van der Waals surface area (Å²) in [6.07, 6.45) is 6.59. The number of nitrogens with one attached hydrogen (secondary N) is 1. The molecule has 2 amide bonds. The van der Waals surface area contributed by atoms with Crippen molar-refractivity contribution >= 4 is 30.1 Å². The topological polar surface area (TPSA) is 158 Å². The Balaban J connectivity index is 1.31. The van der Waals surface area contributed by atoms with E-state index in [1.54, 1.807) is 59.1 Å². The quantitative estimate of drug-likeness (QED) is 0.167. The van der Waals surface area contributed by atoms with E-state index < -0.39 is 11.5 Å². The predicted octanol–water partition coefficient (Wildman–Crippen LogP) is 4.82. The number of amides is 2. The van der Waals surface area contributed by atoms with Gasteiger partial charge in [0.2, 0.25) is 5.91 Å². The van der Waals surface area contributed by atoms with Crippen molar-refractivity contribution in [3.8, 4) is 28.1 Å². The van der Waals surface area contributed by atoms with Crippen LogP contribution >= 0.6 is 0 Å². The molecule has 6 rings (SSSR count). The number of aryl methyl sites for hydroxylation is 1. The Kier molecular flexibility index (Phi) is 9.81. The summed E-state index contributed by atoms with van der Waals surface area (Å²) in [6, 6.07) is 16.3. The van der Waals surface area contributed by atoms with Gasteiger partial charge in [0.15, 0.2) is 0 Å². The minimum Gasteiger partial charge on any atom is -0.382 e. The third kappa shape index (κ3) is 6.74. The maximum atomic E-state index is 13.8. The zero-order chi connectivity index (χ0) is 36.4. The van der Waals surface area contributed by atoms with Crippen molar-refractivity contribution in [3.63, 3.8) is 0 Å². The zero-order valence-corrected chi connectivity index (χ0v) is 29.5. The molecule has 5 heterocycles. The largest absolute Gasteiger partial charge is 0.382 e. The minimum atomic E-state index is -0.558. The van der Waals surface area contributed by atoms with Crippen LogP contribution in [-0.4, -0.2) is 73.4 Å². The van der Waals surface area contributed by atoms with Crippen LogP contribution in [0, 0.1) is 12.8 Å². The fraction of sp³-hybridized carbons (Fsp3) is 0.289. The number of anilines is 1. The van der Waals surface area contributed by atoms with Gasteiger partial charge in [0, 0.05) is 86.3 Å². The van der Waals surface area contributed by atoms with E-state index in [9.17, 15) is 14.4 Å². The van der Waals surface area contributed by atoms with Gasteiger partial charge in [-0.1, -0.05) is 26.0 Å². The van der Waals surface area contributed by atoms with Gasteiger partial charge in [-0.3, -0.25) is 33.6 Å². The van der Waals surface area contributed by atoms with Gasteiger partial charge in [-0.2, -0.15) is 10.2 Å². The Morgan fingerprint density at radius 1 is 1.06 bits per heavy atom. The molecular weight excluding hydrogens is 644 g/mol. The maximum Gasteiger partial charge on any atom is 0.268 e. The predicted molar refractivity (Wildman–Crippen MR) is 200 cm³/mol. The SMILES string of the molecule is C=Nn1c(C2CCN(C(=O)C(C)C)CC2)cc(-c2ccc(NC(=O)c3cc(-c4ccn(C)n4)c(C)n(-c4cccnc4)c3=O)cc2)c1/C(N)=N\C. The highest BCUT2D eigenvalue weighted by Crippen LogP contribution is 2.36. The molecule has 13 nitrogen and oxygen atoms in total. The molecule has 13 heteroatoms. The first-order valence-corrected chi connectivity index (χ1v) is 16.8. The summed E-state index contributed by atoms with van der Waals surface area (Å²) in [7, 11) is 3.43. The van der Waals surface area contributed by atoms with Crippen molar-refractivity contribution in [2.75, 3.05) is 25.5 Å². The highest BCUT2D eigenvalue weighted by molar-refractivity contribution is 6.05. The number of benzene rings is 1. The van der Waals surface area contributed by atoms with Crippen molar-refractivity contribution < 1.29 is 9.59 Å². The fourth-order valence-electron chi connectivity index (χ4n) is 6.71. The van der Waals surface area contributed by atoms with E-state index in [4.69, 9.17) is 5.73 Å². The van der Waals surface area contributed by atoms with E-state index in [0.29, 0.717) is 52.9 Å². The number of pyridine rings is 2. The Morgan fingerprint density at radius 3 is 2.37 bits per heavy atom. The Bertz CT molecular complexity index is 2190. The summed E-state index contributed by atoms with van der Waals surface area (Å²) in [4.78, 5) is 50.6. The standard InChI is InChI=1S/C38H42N10O3/c1-23(2)37(50)46-18-13-26(14-19-46)33-21-30(34(35(39)40-4)48(33)41-5)25-9-11-27(12-10-25)43-36(49)31-20-29(32-15-17-45(6)44-32)24(3)47(38(31)51)28-8-7-16-42-22-28/h7-12,15-17,20-23,26H,5,13-14,18-19H2,1-4,6H3,(H2,39,40)(H,43,49). The second-order valence-corrected chi connectivity index (χ2v) is 13.0. The Hall–Kier alpha value is -6.11. The number of likely N-dealkylation sites (tertiary alicyclic amines) is 1. The molecule has 1 fully saturated rings. The van der Waals surface area contributed by atoms with E-state index in [1.165, 1.54) is 4.57 Å². The van der Waals surface area contributed by atoms with Gasteiger partial charge in [0.25, 0.3) is 11.5 Å². The zero-order valence-electron chi connectivity index (χ0n) is 29.5. The lowest BCUT2D eigenvalue weighted by molar-refractivity contribution is -0.135. The van der Waals surface area contributed by atoms with Crippen LogP contribution in [0.3, 0.4) is 0 Å². The average molecular weight is 687 g/mol. The number of piperidine rings is 1. The molecule has 1 aliphatic heterocycles. The number of aliphatic imine (C=N–C) groups is 1. The lowest BCUT2D eigenvalue weighted by Gasteiger charge is -2.33. The highest BCUT2D eigenvalue weighted by atomic mass is 16.2. The van der Waals surface area contributed by atoms with Gasteiger partial charge in [0.1, 0.15) is 17.1 Å². The first-order valence-electron chi connectivity index (χ1n) is 16.8. The second kappa shape index (κ2) is 14.4. The molecule has 3 N–H and O–H groups in total. The van der Waals surface area contributed by atoms with Crippen LogP contribution in [0.4, 0.5) is 5.69 Å². The highest BCUT2D eigenvalue weighted by Gasteiger charge is 2.30. The third-order valence-corrected chi connectivity index (χ3v) is 9.39. The molecule has 0 radical (unpaired) electrons. The minimum absolute atomic E-state index is 0.0386. The number of amidine groups is 1. The van der Waals surface area contributed by atoms with Crippen LogP contribution < -0.4 is 16.6 Å². The van der Waals surface area contributed by atoms with Crippen LogP contribution in [0.5, 0.6) is 0 Å². The second-order valence-electron chi connectivity index (χ2n) is 13.0. The van der Waals surface area contributed by atoms with Crippen LogP contribution in [0.25, 0.3) is 28.1 Å². The Morgan fingerprint density at radius 2 is 1.78 bits per heavy atom. The van der Waals surface area contributed by atoms with Crippen molar-refractivity contribution in [3.05, 3.63) is 106 Å². The lowest BCUT2D eigenvalue weighted by Crippen LogP contribution is -2.40. The van der Waals surface area contributed by atoms with Gasteiger partial charge in [-0.15, -0.1) is 0 Å². The van der Waals surface area contributed by atoms with Crippen LogP contribution in [0.15, 0.2) is 88.1 Å². The molecule has 1 saturated heterocycles. The summed E-state index contributed by atoms with van der Waals surface area (Å²) in [5.74, 6) is 0.0114. The molecule has 0 spiro atoms. The van der Waals surface area contributed by atoms with E-state index in [2.05, 4.69) is 38.3 Å². The number of hydrogen-bond acceptors (Lipinski definition) is 7. The summed E-state index contributed by atoms with van der Waals surface area (Å²) in [5, 5.41) is 11.8. The van der Waals surface area contributed by atoms with Crippen molar-refractivity contribution in [2.45, 2.75) is 39.5 Å². The number of rotatable bonds is 9. The first-order chi connectivity index (χ1) is 24.5. The molecule has 0 bridgehead atoms. The summed E-state index contributed by atoms with van der Waals surface area (Å²) >= 11 is 0. The van der Waals surface area contributed by atoms with Crippen LogP contribution in [0.2, 0.25) is 0 Å². The molecule has 51 heavy (non-hydrogen) atoms. The fourth-order valence-corrected chi connectivity index (χ4v) is 6.71. The molecule has 4 aromatic heterocycles. The molecule has 5 aromatic rings. The lowest BCUT2D eigenvalue weighted by atomic mass is 9.92. The van der Waals surface area contributed by atoms with E-state index >= 15 is 0 Å². The molecule has 1 aromatic carbocycles. The average Bonchev–Trinajstić information content (AvgIpc) is 3.75. The number of carbonyl (C=O) groups is 2. The molecule has 0 atom stereocenters. The van der Waals surface area contributed by atoms with E-state index in [-0.39, 0.29) is 23.3 Å². The first kappa shape index (κ1) is 34.7. The number of nitrogens with zero attached hydrogens (tertiary/aromatic N) is 8. The van der Waals surface area contributed by atoms with Crippen molar-refractivity contribution in [1.29, 1.82) is 0 Å². The molecule has 1 aliphatic rings. The molecule has 262 valence electrons. The van der Waals surface area contributed by atoms with Crippen molar-refractivity contribution in [2.24, 2.45) is 28.8 Å². The number of hydrogen-bond donors (Lipinski definition) is 2. The van der Waals surface area contributed by atoms with Crippen LogP contribution in [-0.2, 0) is 11.8 Å². The number of aromatic nitrogens is 5. The van der Waals surface area contributed by atoms with Crippen LogP contribution in [0.1, 0.15) is 60.0 Å². The smallest absolute Gasteiger partial charge is 0.268 e. The third-order valence-electron chi connectivity index (χ3n) is 9.39. The van der Waals surface area contributed by atoms with Gasteiger partial charge in [-0.25, -0.2) is 4.68 Å². The summed E-state index contributed by atoms with van der Waals surface area (Å²) in [5.41, 5.74) is 12.1. The molecular formula is C38H42N10O3. The molecule has 0 saturated carbocycles. The molecule has 0 aliphatic carbocycles. The summed E-state index contributed by atoms with van der Waals surface area (Å²) < 4.78 is 4.90. The van der Waals surface area contributed by atoms with Gasteiger partial charge in [0.05, 0.1) is 17.6 Å². The van der Waals surface area contributed by atoms with E-state index in [0.717, 1.165) is 29.7 Å². The van der Waals surface area contributed by atoms with Crippen molar-refractivity contribution in [1.82, 2.24) is 28.9 Å². The monoisotopic (exact) mass is 686 g/mol. The molecule has 0 unspecified atom stereocenters. The Labute approximate surface area is 296 Å². The van der Waals surface area contributed by atoms with Gasteiger partial charge in [-0.05, 0) is 67.8 Å².